The first kappa shape index (κ1) is 24.6. The smallest absolute Gasteiger partial charge is 0.292 e. The van der Waals surface area contributed by atoms with Gasteiger partial charge in [-0.25, -0.2) is 10.1 Å². The van der Waals surface area contributed by atoms with Gasteiger partial charge < -0.3 is 10.5 Å². The van der Waals surface area contributed by atoms with Gasteiger partial charge in [0.2, 0.25) is 11.6 Å². The van der Waals surface area contributed by atoms with E-state index in [9.17, 15) is 14.9 Å². The van der Waals surface area contributed by atoms with Gasteiger partial charge in [-0.2, -0.15) is 9.78 Å². The van der Waals surface area contributed by atoms with Gasteiger partial charge in [0.1, 0.15) is 12.4 Å². The van der Waals surface area contributed by atoms with Gasteiger partial charge in [0.05, 0.1) is 16.8 Å². The molecule has 2 aromatic carbocycles. The second kappa shape index (κ2) is 10.4. The van der Waals surface area contributed by atoms with E-state index in [-0.39, 0.29) is 46.6 Å². The van der Waals surface area contributed by atoms with Crippen LogP contribution in [0.1, 0.15) is 27.3 Å². The summed E-state index contributed by atoms with van der Waals surface area (Å²) < 4.78 is 11.4. The second-order valence-corrected chi connectivity index (χ2v) is 7.89. The number of carbonyl (C=O) groups excluding carboxylic acids is 1. The molecule has 0 aliphatic rings. The number of hydrogen-bond acceptors (Lipinski definition) is 11. The molecule has 4 aromatic rings. The standard InChI is InChI=1S/C20H15Cl2N9O5/c1-10-17(30(29-25-10)19-18(23)27-36-28-19)20(32)26-24-8-11-7-12(31(33)34)5-6-16(11)35-9-13-14(21)3-2-4-15(13)22/h2-8H,9H2,1H3,(H2,23,27)(H,26,32)/b24-8+. The van der Waals surface area contributed by atoms with E-state index < -0.39 is 10.8 Å². The third-order valence-corrected chi connectivity index (χ3v) is 5.47. The van der Waals surface area contributed by atoms with Crippen LogP contribution in [0.15, 0.2) is 46.1 Å². The summed E-state index contributed by atoms with van der Waals surface area (Å²) >= 11 is 12.4. The molecule has 1 amide bonds. The van der Waals surface area contributed by atoms with Crippen molar-refractivity contribution >= 4 is 46.8 Å². The van der Waals surface area contributed by atoms with E-state index in [1.54, 1.807) is 18.2 Å². The molecule has 36 heavy (non-hydrogen) atoms. The minimum absolute atomic E-state index is 0.0132. The SMILES string of the molecule is Cc1nnn(-c2nonc2N)c1C(=O)N/N=C/c1cc([N+](=O)[O-])ccc1OCc1c(Cl)cccc1Cl. The quantitative estimate of drug-likeness (QED) is 0.194. The highest BCUT2D eigenvalue weighted by Crippen LogP contribution is 2.28. The van der Waals surface area contributed by atoms with Gasteiger partial charge in [-0.3, -0.25) is 14.9 Å². The number of benzene rings is 2. The first-order chi connectivity index (χ1) is 17.3. The molecular formula is C20H15Cl2N9O5. The van der Waals surface area contributed by atoms with Crippen molar-refractivity contribution in [1.82, 2.24) is 30.7 Å². The summed E-state index contributed by atoms with van der Waals surface area (Å²) in [7, 11) is 0. The van der Waals surface area contributed by atoms with E-state index in [1.807, 2.05) is 0 Å². The average Bonchev–Trinajstić information content (AvgIpc) is 3.43. The molecule has 2 heterocycles. The molecular weight excluding hydrogens is 517 g/mol. The Hall–Kier alpha value is -4.56. The molecule has 14 nitrogen and oxygen atoms in total. The van der Waals surface area contributed by atoms with Crippen molar-refractivity contribution in [2.24, 2.45) is 5.10 Å². The first-order valence-corrected chi connectivity index (χ1v) is 10.7. The first-order valence-electron chi connectivity index (χ1n) is 9.94. The van der Waals surface area contributed by atoms with Gasteiger partial charge in [0.15, 0.2) is 5.69 Å². The highest BCUT2D eigenvalue weighted by molar-refractivity contribution is 6.35. The minimum Gasteiger partial charge on any atom is -0.488 e. The predicted octanol–water partition coefficient (Wildman–Crippen LogP) is 3.10. The molecule has 0 radical (unpaired) electrons. The van der Waals surface area contributed by atoms with Crippen LogP contribution < -0.4 is 15.9 Å². The van der Waals surface area contributed by atoms with Gasteiger partial charge in [-0.1, -0.05) is 34.5 Å². The normalized spacial score (nSPS) is 11.1. The van der Waals surface area contributed by atoms with Gasteiger partial charge in [-0.15, -0.1) is 5.10 Å². The number of nitrogens with zero attached hydrogens (tertiary/aromatic N) is 7. The summed E-state index contributed by atoms with van der Waals surface area (Å²) in [6.07, 6.45) is 1.18. The van der Waals surface area contributed by atoms with Gasteiger partial charge >= 0.3 is 0 Å². The maximum atomic E-state index is 12.8. The lowest BCUT2D eigenvalue weighted by Gasteiger charge is -2.11. The van der Waals surface area contributed by atoms with Crippen molar-refractivity contribution in [1.29, 1.82) is 0 Å². The van der Waals surface area contributed by atoms with Crippen LogP contribution in [0, 0.1) is 17.0 Å². The number of rotatable bonds is 8. The van der Waals surface area contributed by atoms with Crippen molar-refractivity contribution < 1.29 is 19.1 Å². The van der Waals surface area contributed by atoms with Gasteiger partial charge in [0, 0.05) is 33.3 Å². The number of hydrazone groups is 1. The second-order valence-electron chi connectivity index (χ2n) is 7.08. The number of ether oxygens (including phenoxy) is 1. The number of carbonyl (C=O) groups is 1. The number of nitrogens with two attached hydrogens (primary N) is 1. The van der Waals surface area contributed by atoms with Crippen LogP contribution >= 0.6 is 23.2 Å². The van der Waals surface area contributed by atoms with Gasteiger partial charge in [-0.05, 0) is 35.4 Å². The lowest BCUT2D eigenvalue weighted by Crippen LogP contribution is -2.23. The van der Waals surface area contributed by atoms with Gasteiger partial charge in [0.25, 0.3) is 11.6 Å². The molecule has 16 heteroatoms. The van der Waals surface area contributed by atoms with E-state index in [0.29, 0.717) is 15.6 Å². The third-order valence-electron chi connectivity index (χ3n) is 4.76. The number of nitrogens with one attached hydrogen (secondary N) is 1. The van der Waals surface area contributed by atoms with Crippen molar-refractivity contribution in [3.05, 3.63) is 79.1 Å². The molecule has 0 saturated heterocycles. The van der Waals surface area contributed by atoms with Crippen LogP contribution in [0.5, 0.6) is 5.75 Å². The maximum Gasteiger partial charge on any atom is 0.292 e. The minimum atomic E-state index is -0.716. The maximum absolute atomic E-state index is 12.8. The number of aryl methyl sites for hydroxylation is 1. The summed E-state index contributed by atoms with van der Waals surface area (Å²) in [4.78, 5) is 23.5. The largest absolute Gasteiger partial charge is 0.488 e. The fourth-order valence-corrected chi connectivity index (χ4v) is 3.53. The van der Waals surface area contributed by atoms with Crippen LogP contribution in [0.3, 0.4) is 0 Å². The molecule has 0 fully saturated rings. The Kier molecular flexibility index (Phi) is 7.07. The number of amides is 1. The summed E-state index contributed by atoms with van der Waals surface area (Å²) in [5.74, 6) is -0.613. The van der Waals surface area contributed by atoms with Crippen LogP contribution in [-0.4, -0.2) is 42.4 Å². The molecule has 0 unspecified atom stereocenters. The zero-order valence-electron chi connectivity index (χ0n) is 18.3. The number of non-ortho nitro benzene ring substituents is 1. The van der Waals surface area contributed by atoms with E-state index >= 15 is 0 Å². The molecule has 4 rings (SSSR count). The van der Waals surface area contributed by atoms with Crippen molar-refractivity contribution in [2.75, 3.05) is 5.73 Å². The monoisotopic (exact) mass is 531 g/mol. The molecule has 0 atom stereocenters. The Bertz CT molecular complexity index is 1460. The average molecular weight is 532 g/mol. The summed E-state index contributed by atoms with van der Waals surface area (Å²) in [5, 5.41) is 30.6. The molecule has 0 spiro atoms. The fraction of sp³-hybridized carbons (Fsp3) is 0.100. The van der Waals surface area contributed by atoms with E-state index in [4.69, 9.17) is 33.7 Å². The Morgan fingerprint density at radius 1 is 1.31 bits per heavy atom. The van der Waals surface area contributed by atoms with E-state index in [1.165, 1.54) is 31.3 Å². The van der Waals surface area contributed by atoms with E-state index in [2.05, 4.69) is 35.8 Å². The zero-order valence-corrected chi connectivity index (χ0v) is 19.8. The molecule has 2 aromatic heterocycles. The van der Waals surface area contributed by atoms with Crippen LogP contribution in [0.2, 0.25) is 10.0 Å². The fourth-order valence-electron chi connectivity index (χ4n) is 3.02. The Labute approximate surface area is 211 Å². The Morgan fingerprint density at radius 3 is 2.72 bits per heavy atom. The number of nitrogen functional groups attached to an aromatic ring is 1. The lowest BCUT2D eigenvalue weighted by molar-refractivity contribution is -0.384. The topological polar surface area (TPSA) is 189 Å². The highest BCUT2D eigenvalue weighted by Gasteiger charge is 2.23. The molecule has 3 N–H and O–H groups in total. The van der Waals surface area contributed by atoms with Crippen molar-refractivity contribution in [2.45, 2.75) is 13.5 Å². The molecule has 0 aliphatic carbocycles. The van der Waals surface area contributed by atoms with E-state index in [0.717, 1.165) is 4.68 Å². The number of nitro benzene ring substituents is 1. The number of aromatic nitrogens is 5. The number of anilines is 1. The molecule has 0 saturated carbocycles. The van der Waals surface area contributed by atoms with Crippen LogP contribution in [0.4, 0.5) is 11.5 Å². The Balaban J connectivity index is 1.57. The van der Waals surface area contributed by atoms with Crippen LogP contribution in [-0.2, 0) is 6.61 Å². The van der Waals surface area contributed by atoms with Crippen LogP contribution in [0.25, 0.3) is 5.82 Å². The number of hydrogen-bond donors (Lipinski definition) is 2. The molecule has 0 aliphatic heterocycles. The number of nitro groups is 1. The van der Waals surface area contributed by atoms with Crippen molar-refractivity contribution in [3.63, 3.8) is 0 Å². The lowest BCUT2D eigenvalue weighted by atomic mass is 10.2. The predicted molar refractivity (Wildman–Crippen MR) is 127 cm³/mol. The summed E-state index contributed by atoms with van der Waals surface area (Å²) in [5.41, 5.74) is 8.73. The highest BCUT2D eigenvalue weighted by atomic mass is 35.5. The third kappa shape index (κ3) is 5.08. The summed E-state index contributed by atoms with van der Waals surface area (Å²) in [6.45, 7) is 1.53. The molecule has 184 valence electrons. The zero-order chi connectivity index (χ0) is 25.8. The van der Waals surface area contributed by atoms with Crippen molar-refractivity contribution in [3.8, 4) is 11.6 Å². The number of halogens is 2. The molecule has 0 bridgehead atoms. The Morgan fingerprint density at radius 2 is 2.06 bits per heavy atom. The summed E-state index contributed by atoms with van der Waals surface area (Å²) in [6, 6.07) is 8.91.